The van der Waals surface area contributed by atoms with Crippen molar-refractivity contribution in [2.45, 2.75) is 20.4 Å². The summed E-state index contributed by atoms with van der Waals surface area (Å²) in [7, 11) is 2.07. The Labute approximate surface area is 109 Å². The molecule has 0 bridgehead atoms. The smallest absolute Gasteiger partial charge is 0.0600 e. The van der Waals surface area contributed by atoms with Crippen LogP contribution in [0.25, 0.3) is 0 Å². The first-order valence-corrected chi connectivity index (χ1v) is 6.19. The number of nitrogens with two attached hydrogens (primary N) is 1. The van der Waals surface area contributed by atoms with Gasteiger partial charge in [-0.3, -0.25) is 0 Å². The van der Waals surface area contributed by atoms with Crippen LogP contribution in [0.4, 0.5) is 11.4 Å². The summed E-state index contributed by atoms with van der Waals surface area (Å²) >= 11 is 0. The van der Waals surface area contributed by atoms with Crippen LogP contribution in [-0.4, -0.2) is 7.05 Å². The quantitative estimate of drug-likeness (QED) is 0.832. The number of hydrogen-bond donors (Lipinski definition) is 1. The van der Waals surface area contributed by atoms with Gasteiger partial charge in [0.25, 0.3) is 0 Å². The molecule has 0 aliphatic heterocycles. The van der Waals surface area contributed by atoms with Crippen molar-refractivity contribution in [1.82, 2.24) is 0 Å². The van der Waals surface area contributed by atoms with Crippen molar-refractivity contribution >= 4 is 11.4 Å². The van der Waals surface area contributed by atoms with Gasteiger partial charge in [-0.15, -0.1) is 0 Å². The molecule has 0 aliphatic carbocycles. The molecule has 0 amide bonds. The van der Waals surface area contributed by atoms with Crippen molar-refractivity contribution in [2.75, 3.05) is 17.7 Å². The lowest BCUT2D eigenvalue weighted by molar-refractivity contribution is 0.921. The van der Waals surface area contributed by atoms with Gasteiger partial charge in [0, 0.05) is 13.6 Å². The van der Waals surface area contributed by atoms with Crippen LogP contribution in [0.1, 0.15) is 16.7 Å². The third-order valence-corrected chi connectivity index (χ3v) is 3.05. The molecule has 0 saturated heterocycles. The molecule has 2 aromatic rings. The molecule has 2 rings (SSSR count). The van der Waals surface area contributed by atoms with Gasteiger partial charge in [0.1, 0.15) is 0 Å². The van der Waals surface area contributed by atoms with E-state index in [0.717, 1.165) is 17.9 Å². The van der Waals surface area contributed by atoms with E-state index in [0.29, 0.717) is 0 Å². The van der Waals surface area contributed by atoms with Gasteiger partial charge < -0.3 is 10.6 Å². The van der Waals surface area contributed by atoms with Crippen molar-refractivity contribution in [2.24, 2.45) is 0 Å². The minimum absolute atomic E-state index is 0.823. The molecule has 0 aliphatic rings. The number of hydrogen-bond acceptors (Lipinski definition) is 2. The zero-order valence-electron chi connectivity index (χ0n) is 11.3. The summed E-state index contributed by atoms with van der Waals surface area (Å²) in [5, 5.41) is 0. The third kappa shape index (κ3) is 2.83. The van der Waals surface area contributed by atoms with Gasteiger partial charge in [0.15, 0.2) is 0 Å². The SMILES string of the molecule is Cc1cc(C)cc(CN(C)c2ccccc2N)c1. The minimum atomic E-state index is 0.823. The molecule has 2 N–H and O–H groups in total. The molecule has 0 heterocycles. The van der Waals surface area contributed by atoms with Crippen molar-refractivity contribution in [3.63, 3.8) is 0 Å². The van der Waals surface area contributed by atoms with Crippen LogP contribution >= 0.6 is 0 Å². The van der Waals surface area contributed by atoms with Crippen LogP contribution in [0.2, 0.25) is 0 Å². The second-order valence-electron chi connectivity index (χ2n) is 4.91. The van der Waals surface area contributed by atoms with Crippen LogP contribution in [0, 0.1) is 13.8 Å². The zero-order chi connectivity index (χ0) is 13.1. The number of nitrogens with zero attached hydrogens (tertiary/aromatic N) is 1. The predicted octanol–water partition coefficient (Wildman–Crippen LogP) is 3.52. The van der Waals surface area contributed by atoms with Gasteiger partial charge >= 0.3 is 0 Å². The Kier molecular flexibility index (Phi) is 3.56. The van der Waals surface area contributed by atoms with Gasteiger partial charge in [-0.25, -0.2) is 0 Å². The topological polar surface area (TPSA) is 29.3 Å². The van der Waals surface area contributed by atoms with Crippen LogP contribution in [0.3, 0.4) is 0 Å². The largest absolute Gasteiger partial charge is 0.397 e. The maximum absolute atomic E-state index is 5.99. The molecule has 0 fully saturated rings. The lowest BCUT2D eigenvalue weighted by atomic mass is 10.1. The number of benzene rings is 2. The van der Waals surface area contributed by atoms with Gasteiger partial charge in [-0.1, -0.05) is 41.5 Å². The third-order valence-electron chi connectivity index (χ3n) is 3.05. The van der Waals surface area contributed by atoms with Crippen LogP contribution in [0.5, 0.6) is 0 Å². The van der Waals surface area contributed by atoms with Crippen molar-refractivity contribution < 1.29 is 0 Å². The summed E-state index contributed by atoms with van der Waals surface area (Å²) in [6.07, 6.45) is 0. The normalized spacial score (nSPS) is 10.4. The first-order chi connectivity index (χ1) is 8.56. The summed E-state index contributed by atoms with van der Waals surface area (Å²) in [4.78, 5) is 2.18. The molecule has 2 aromatic carbocycles. The Morgan fingerprint density at radius 1 is 1.00 bits per heavy atom. The monoisotopic (exact) mass is 240 g/mol. The molecule has 0 spiro atoms. The maximum Gasteiger partial charge on any atom is 0.0600 e. The Morgan fingerprint density at radius 2 is 1.61 bits per heavy atom. The van der Waals surface area contributed by atoms with Crippen molar-refractivity contribution in [3.05, 3.63) is 59.2 Å². The molecule has 0 unspecified atom stereocenters. The van der Waals surface area contributed by atoms with Crippen LogP contribution in [0.15, 0.2) is 42.5 Å². The number of rotatable bonds is 3. The van der Waals surface area contributed by atoms with E-state index >= 15 is 0 Å². The zero-order valence-corrected chi connectivity index (χ0v) is 11.3. The van der Waals surface area contributed by atoms with E-state index in [4.69, 9.17) is 5.73 Å². The molecular weight excluding hydrogens is 220 g/mol. The second kappa shape index (κ2) is 5.13. The van der Waals surface area contributed by atoms with E-state index in [2.05, 4.69) is 50.1 Å². The van der Waals surface area contributed by atoms with E-state index in [1.165, 1.54) is 16.7 Å². The molecular formula is C16H20N2. The highest BCUT2D eigenvalue weighted by Gasteiger charge is 2.05. The molecule has 18 heavy (non-hydrogen) atoms. The summed E-state index contributed by atoms with van der Waals surface area (Å²) in [5.41, 5.74) is 11.8. The average molecular weight is 240 g/mol. The Bertz CT molecular complexity index is 526. The van der Waals surface area contributed by atoms with Gasteiger partial charge in [0.2, 0.25) is 0 Å². The first-order valence-electron chi connectivity index (χ1n) is 6.19. The average Bonchev–Trinajstić information content (AvgIpc) is 2.27. The second-order valence-corrected chi connectivity index (χ2v) is 4.91. The molecule has 0 saturated carbocycles. The van der Waals surface area contributed by atoms with E-state index in [9.17, 15) is 0 Å². The Morgan fingerprint density at radius 3 is 2.22 bits per heavy atom. The minimum Gasteiger partial charge on any atom is -0.397 e. The van der Waals surface area contributed by atoms with Gasteiger partial charge in [-0.2, -0.15) is 0 Å². The maximum atomic E-state index is 5.99. The lowest BCUT2D eigenvalue weighted by Gasteiger charge is -2.21. The predicted molar refractivity (Wildman–Crippen MR) is 78.9 cm³/mol. The Balaban J connectivity index is 2.21. The summed E-state index contributed by atoms with van der Waals surface area (Å²) < 4.78 is 0. The van der Waals surface area contributed by atoms with Gasteiger partial charge in [0.05, 0.1) is 11.4 Å². The summed E-state index contributed by atoms with van der Waals surface area (Å²) in [5.74, 6) is 0. The van der Waals surface area contributed by atoms with Gasteiger partial charge in [-0.05, 0) is 31.5 Å². The molecule has 0 aromatic heterocycles. The highest BCUT2D eigenvalue weighted by atomic mass is 15.1. The van der Waals surface area contributed by atoms with Crippen LogP contribution in [-0.2, 0) is 6.54 Å². The fourth-order valence-corrected chi connectivity index (χ4v) is 2.35. The highest BCUT2D eigenvalue weighted by molar-refractivity contribution is 5.66. The van der Waals surface area contributed by atoms with Crippen molar-refractivity contribution in [1.29, 1.82) is 0 Å². The molecule has 0 atom stereocenters. The summed E-state index contributed by atoms with van der Waals surface area (Å²) in [6, 6.07) is 14.6. The standard InChI is InChI=1S/C16H20N2/c1-12-8-13(2)10-14(9-12)11-18(3)16-7-5-4-6-15(16)17/h4-10H,11,17H2,1-3H3. The van der Waals surface area contributed by atoms with Crippen LogP contribution < -0.4 is 10.6 Å². The number of nitrogen functional groups attached to an aromatic ring is 1. The number of para-hydroxylation sites is 2. The van der Waals surface area contributed by atoms with E-state index in [-0.39, 0.29) is 0 Å². The molecule has 94 valence electrons. The first kappa shape index (κ1) is 12.5. The fraction of sp³-hybridized carbons (Fsp3) is 0.250. The molecule has 0 radical (unpaired) electrons. The number of anilines is 2. The highest BCUT2D eigenvalue weighted by Crippen LogP contribution is 2.23. The van der Waals surface area contributed by atoms with E-state index < -0.39 is 0 Å². The number of aryl methyl sites for hydroxylation is 2. The van der Waals surface area contributed by atoms with E-state index in [1.54, 1.807) is 0 Å². The summed E-state index contributed by atoms with van der Waals surface area (Å²) in [6.45, 7) is 5.14. The molecule has 2 nitrogen and oxygen atoms in total. The molecule has 2 heteroatoms. The Hall–Kier alpha value is -1.96. The lowest BCUT2D eigenvalue weighted by Crippen LogP contribution is -2.17. The van der Waals surface area contributed by atoms with Crippen molar-refractivity contribution in [3.8, 4) is 0 Å². The fourth-order valence-electron chi connectivity index (χ4n) is 2.35. The van der Waals surface area contributed by atoms with E-state index in [1.807, 2.05) is 18.2 Å².